The summed E-state index contributed by atoms with van der Waals surface area (Å²) in [5, 5.41) is 3.28. The zero-order valence-electron chi connectivity index (χ0n) is 7.34. The Morgan fingerprint density at radius 2 is 2.27 bits per heavy atom. The maximum absolute atomic E-state index is 5.68. The first-order valence-corrected chi connectivity index (χ1v) is 4.22. The van der Waals surface area contributed by atoms with E-state index >= 15 is 0 Å². The summed E-state index contributed by atoms with van der Waals surface area (Å²) in [5.41, 5.74) is 0. The average Bonchev–Trinajstić information content (AvgIpc) is 2.34. The van der Waals surface area contributed by atoms with E-state index < -0.39 is 0 Å². The van der Waals surface area contributed by atoms with Gasteiger partial charge < -0.3 is 10.1 Å². The van der Waals surface area contributed by atoms with E-state index in [0.29, 0.717) is 18.1 Å². The third kappa shape index (κ3) is 2.31. The molecule has 0 bridgehead atoms. The van der Waals surface area contributed by atoms with Crippen molar-refractivity contribution in [1.29, 1.82) is 0 Å². The Kier molecular flexibility index (Phi) is 3.09. The highest BCUT2D eigenvalue weighted by molar-refractivity contribution is 4.93. The molecule has 0 amide bonds. The van der Waals surface area contributed by atoms with Crippen LogP contribution in [0.25, 0.3) is 0 Å². The van der Waals surface area contributed by atoms with Gasteiger partial charge in [0, 0.05) is 19.0 Å². The predicted octanol–water partition coefficient (Wildman–Crippen LogP) is 1.19. The SMILES string of the molecule is C=C[C@H]1CNC[C@@H]1OC(C)C. The van der Waals surface area contributed by atoms with Gasteiger partial charge in [0.05, 0.1) is 12.2 Å². The van der Waals surface area contributed by atoms with Crippen LogP contribution in [-0.4, -0.2) is 25.3 Å². The van der Waals surface area contributed by atoms with Gasteiger partial charge in [0.1, 0.15) is 0 Å². The number of rotatable bonds is 3. The molecular weight excluding hydrogens is 138 g/mol. The van der Waals surface area contributed by atoms with Crippen LogP contribution in [0.1, 0.15) is 13.8 Å². The first-order valence-electron chi connectivity index (χ1n) is 4.22. The lowest BCUT2D eigenvalue weighted by atomic mass is 10.1. The van der Waals surface area contributed by atoms with E-state index in [2.05, 4.69) is 25.7 Å². The summed E-state index contributed by atoms with van der Waals surface area (Å²) in [6, 6.07) is 0. The van der Waals surface area contributed by atoms with Crippen molar-refractivity contribution in [2.45, 2.75) is 26.1 Å². The van der Waals surface area contributed by atoms with Crippen molar-refractivity contribution in [2.75, 3.05) is 13.1 Å². The second kappa shape index (κ2) is 3.88. The van der Waals surface area contributed by atoms with Crippen molar-refractivity contribution in [3.63, 3.8) is 0 Å². The number of hydrogen-bond acceptors (Lipinski definition) is 2. The van der Waals surface area contributed by atoms with Crippen molar-refractivity contribution in [3.05, 3.63) is 12.7 Å². The van der Waals surface area contributed by atoms with Crippen molar-refractivity contribution in [3.8, 4) is 0 Å². The third-order valence-corrected chi connectivity index (χ3v) is 1.95. The molecule has 1 rings (SSSR count). The van der Waals surface area contributed by atoms with Crippen LogP contribution >= 0.6 is 0 Å². The molecule has 0 aromatic heterocycles. The van der Waals surface area contributed by atoms with E-state index in [1.54, 1.807) is 0 Å². The maximum atomic E-state index is 5.68. The highest BCUT2D eigenvalue weighted by atomic mass is 16.5. The minimum absolute atomic E-state index is 0.322. The van der Waals surface area contributed by atoms with E-state index in [0.717, 1.165) is 13.1 Å². The lowest BCUT2D eigenvalue weighted by Crippen LogP contribution is -2.24. The monoisotopic (exact) mass is 155 g/mol. The molecule has 64 valence electrons. The first-order chi connectivity index (χ1) is 5.24. The van der Waals surface area contributed by atoms with Gasteiger partial charge in [-0.3, -0.25) is 0 Å². The second-order valence-corrected chi connectivity index (χ2v) is 3.28. The van der Waals surface area contributed by atoms with Crippen molar-refractivity contribution >= 4 is 0 Å². The van der Waals surface area contributed by atoms with E-state index in [4.69, 9.17) is 4.74 Å². The van der Waals surface area contributed by atoms with Crippen LogP contribution in [0.4, 0.5) is 0 Å². The molecule has 11 heavy (non-hydrogen) atoms. The molecular formula is C9H17NO. The molecule has 1 aliphatic heterocycles. The molecule has 0 radical (unpaired) electrons. The standard InChI is InChI=1S/C9H17NO/c1-4-8-5-10-6-9(8)11-7(2)3/h4,7-10H,1,5-6H2,2-3H3/t8-,9-/m0/s1. The molecule has 0 aromatic carbocycles. The van der Waals surface area contributed by atoms with E-state index in [1.807, 2.05) is 6.08 Å². The van der Waals surface area contributed by atoms with Crippen LogP contribution in [0.5, 0.6) is 0 Å². The number of ether oxygens (including phenoxy) is 1. The Hall–Kier alpha value is -0.340. The Balaban J connectivity index is 2.37. The van der Waals surface area contributed by atoms with Crippen LogP contribution in [0.15, 0.2) is 12.7 Å². The molecule has 2 heteroatoms. The highest BCUT2D eigenvalue weighted by Crippen LogP contribution is 2.14. The Morgan fingerprint density at radius 3 is 2.82 bits per heavy atom. The molecule has 1 heterocycles. The molecule has 1 N–H and O–H groups in total. The number of hydrogen-bond donors (Lipinski definition) is 1. The minimum atomic E-state index is 0.322. The van der Waals surface area contributed by atoms with Gasteiger partial charge in [-0.05, 0) is 13.8 Å². The molecule has 0 saturated carbocycles. The van der Waals surface area contributed by atoms with Crippen LogP contribution in [0, 0.1) is 5.92 Å². The van der Waals surface area contributed by atoms with Crippen molar-refractivity contribution < 1.29 is 4.74 Å². The van der Waals surface area contributed by atoms with Gasteiger partial charge >= 0.3 is 0 Å². The summed E-state index contributed by atoms with van der Waals surface area (Å²) in [6.07, 6.45) is 2.64. The molecule has 2 atom stereocenters. The predicted molar refractivity (Wildman–Crippen MR) is 46.6 cm³/mol. The zero-order chi connectivity index (χ0) is 8.27. The molecule has 1 fully saturated rings. The summed E-state index contributed by atoms with van der Waals surface area (Å²) in [7, 11) is 0. The van der Waals surface area contributed by atoms with Gasteiger partial charge in [0.2, 0.25) is 0 Å². The summed E-state index contributed by atoms with van der Waals surface area (Å²) >= 11 is 0. The maximum Gasteiger partial charge on any atom is 0.0777 e. The largest absolute Gasteiger partial charge is 0.374 e. The van der Waals surface area contributed by atoms with E-state index in [9.17, 15) is 0 Å². The smallest absolute Gasteiger partial charge is 0.0777 e. The van der Waals surface area contributed by atoms with Gasteiger partial charge in [-0.2, -0.15) is 0 Å². The highest BCUT2D eigenvalue weighted by Gasteiger charge is 2.25. The fraction of sp³-hybridized carbons (Fsp3) is 0.778. The second-order valence-electron chi connectivity index (χ2n) is 3.28. The number of nitrogens with one attached hydrogen (secondary N) is 1. The van der Waals surface area contributed by atoms with Crippen LogP contribution < -0.4 is 5.32 Å². The molecule has 2 nitrogen and oxygen atoms in total. The van der Waals surface area contributed by atoms with Gasteiger partial charge in [-0.15, -0.1) is 6.58 Å². The Morgan fingerprint density at radius 1 is 1.55 bits per heavy atom. The lowest BCUT2D eigenvalue weighted by molar-refractivity contribution is 0.00503. The third-order valence-electron chi connectivity index (χ3n) is 1.95. The Bertz CT molecular complexity index is 134. The van der Waals surface area contributed by atoms with Crippen LogP contribution in [-0.2, 0) is 4.74 Å². The summed E-state index contributed by atoms with van der Waals surface area (Å²) in [4.78, 5) is 0. The van der Waals surface area contributed by atoms with E-state index in [-0.39, 0.29) is 0 Å². The van der Waals surface area contributed by atoms with Crippen LogP contribution in [0.3, 0.4) is 0 Å². The first kappa shape index (κ1) is 8.75. The molecule has 0 aromatic rings. The molecule has 0 spiro atoms. The fourth-order valence-electron chi connectivity index (χ4n) is 1.41. The van der Waals surface area contributed by atoms with Gasteiger partial charge in [-0.1, -0.05) is 6.08 Å². The summed E-state index contributed by atoms with van der Waals surface area (Å²) in [6.45, 7) is 9.90. The zero-order valence-corrected chi connectivity index (χ0v) is 7.34. The van der Waals surface area contributed by atoms with E-state index in [1.165, 1.54) is 0 Å². The van der Waals surface area contributed by atoms with Gasteiger partial charge in [0.15, 0.2) is 0 Å². The normalized spacial score (nSPS) is 31.2. The van der Waals surface area contributed by atoms with Crippen molar-refractivity contribution in [1.82, 2.24) is 5.32 Å². The molecule has 1 saturated heterocycles. The molecule has 1 aliphatic rings. The minimum Gasteiger partial charge on any atom is -0.374 e. The average molecular weight is 155 g/mol. The van der Waals surface area contributed by atoms with Crippen molar-refractivity contribution in [2.24, 2.45) is 5.92 Å². The summed E-state index contributed by atoms with van der Waals surface area (Å²) in [5.74, 6) is 0.498. The van der Waals surface area contributed by atoms with Gasteiger partial charge in [0.25, 0.3) is 0 Å². The Labute approximate surface area is 68.6 Å². The molecule has 0 aliphatic carbocycles. The molecule has 0 unspecified atom stereocenters. The summed E-state index contributed by atoms with van der Waals surface area (Å²) < 4.78 is 5.68. The fourth-order valence-corrected chi connectivity index (χ4v) is 1.41. The lowest BCUT2D eigenvalue weighted by Gasteiger charge is -2.18. The quantitative estimate of drug-likeness (QED) is 0.618. The van der Waals surface area contributed by atoms with Crippen LogP contribution in [0.2, 0.25) is 0 Å². The van der Waals surface area contributed by atoms with Gasteiger partial charge in [-0.25, -0.2) is 0 Å². The topological polar surface area (TPSA) is 21.3 Å².